The number of nitrogens with one attached hydrogen (secondary N) is 1. The Hall–Kier alpha value is -3.39. The third-order valence-corrected chi connectivity index (χ3v) is 7.64. The van der Waals surface area contributed by atoms with Gasteiger partial charge in [-0.05, 0) is 68.5 Å². The zero-order valence-electron chi connectivity index (χ0n) is 22.4. The van der Waals surface area contributed by atoms with Crippen LogP contribution in [0.4, 0.5) is 0 Å². The van der Waals surface area contributed by atoms with E-state index in [4.69, 9.17) is 9.47 Å². The average Bonchev–Trinajstić information content (AvgIpc) is 3.38. The molecule has 2 fully saturated rings. The molecule has 2 aliphatic heterocycles. The first-order chi connectivity index (χ1) is 18.4. The highest BCUT2D eigenvalue weighted by Crippen LogP contribution is 2.24. The van der Waals surface area contributed by atoms with E-state index in [2.05, 4.69) is 10.2 Å². The zero-order valence-corrected chi connectivity index (χ0v) is 22.4. The van der Waals surface area contributed by atoms with Crippen molar-refractivity contribution in [2.75, 3.05) is 33.8 Å². The molecule has 8 heteroatoms. The van der Waals surface area contributed by atoms with Gasteiger partial charge in [0, 0.05) is 25.9 Å². The van der Waals surface area contributed by atoms with Crippen LogP contribution >= 0.6 is 0 Å². The van der Waals surface area contributed by atoms with Gasteiger partial charge in [0.2, 0.25) is 11.8 Å². The van der Waals surface area contributed by atoms with Gasteiger partial charge in [-0.3, -0.25) is 14.5 Å². The van der Waals surface area contributed by atoms with E-state index in [9.17, 15) is 14.4 Å². The van der Waals surface area contributed by atoms with Gasteiger partial charge < -0.3 is 19.7 Å². The summed E-state index contributed by atoms with van der Waals surface area (Å²) in [5, 5.41) is 2.88. The molecule has 204 valence electrons. The number of carbonyl (C=O) groups excluding carboxylic acids is 3. The molecule has 38 heavy (non-hydrogen) atoms. The number of benzene rings is 2. The van der Waals surface area contributed by atoms with Crippen LogP contribution in [0.15, 0.2) is 54.6 Å². The number of hydrogen-bond acceptors (Lipinski definition) is 6. The van der Waals surface area contributed by atoms with E-state index in [1.54, 1.807) is 0 Å². The van der Waals surface area contributed by atoms with Crippen molar-refractivity contribution >= 4 is 17.8 Å². The third kappa shape index (κ3) is 7.57. The number of hydrogen-bond donors (Lipinski definition) is 1. The number of piperidine rings is 1. The predicted molar refractivity (Wildman–Crippen MR) is 144 cm³/mol. The minimum Gasteiger partial charge on any atom is -0.489 e. The van der Waals surface area contributed by atoms with Gasteiger partial charge in [-0.25, -0.2) is 4.79 Å². The molecule has 0 saturated carbocycles. The maximum atomic E-state index is 12.8. The SMILES string of the molecule is COC(=O)C(Cc1ccc(OCc2ccccc2)cc1)NC(=O)CC1CCN(C(=O)C2CCCN2C)CC1. The van der Waals surface area contributed by atoms with Gasteiger partial charge in [-0.2, -0.15) is 0 Å². The van der Waals surface area contributed by atoms with Gasteiger partial charge in [-0.1, -0.05) is 42.5 Å². The van der Waals surface area contributed by atoms with Crippen LogP contribution in [-0.2, 0) is 32.1 Å². The summed E-state index contributed by atoms with van der Waals surface area (Å²) in [5.41, 5.74) is 1.99. The fourth-order valence-electron chi connectivity index (χ4n) is 5.34. The molecule has 4 rings (SSSR count). The fraction of sp³-hybridized carbons (Fsp3) is 0.500. The number of likely N-dealkylation sites (tertiary alicyclic amines) is 2. The first kappa shape index (κ1) is 27.6. The molecular formula is C30H39N3O5. The Balaban J connectivity index is 1.24. The van der Waals surface area contributed by atoms with E-state index < -0.39 is 12.0 Å². The van der Waals surface area contributed by atoms with Crippen LogP contribution in [-0.4, -0.2) is 73.5 Å². The molecule has 2 amide bonds. The van der Waals surface area contributed by atoms with Crippen LogP contribution in [0, 0.1) is 5.92 Å². The predicted octanol–water partition coefficient (Wildman–Crippen LogP) is 3.19. The Morgan fingerprint density at radius 1 is 0.947 bits per heavy atom. The molecular weight excluding hydrogens is 482 g/mol. The number of methoxy groups -OCH3 is 1. The van der Waals surface area contributed by atoms with Crippen molar-refractivity contribution in [2.24, 2.45) is 5.92 Å². The Morgan fingerprint density at radius 3 is 2.29 bits per heavy atom. The van der Waals surface area contributed by atoms with Crippen molar-refractivity contribution in [3.63, 3.8) is 0 Å². The Bertz CT molecular complexity index is 1070. The average molecular weight is 522 g/mol. The monoisotopic (exact) mass is 521 g/mol. The summed E-state index contributed by atoms with van der Waals surface area (Å²) < 4.78 is 10.8. The quantitative estimate of drug-likeness (QED) is 0.483. The lowest BCUT2D eigenvalue weighted by atomic mass is 9.92. The zero-order chi connectivity index (χ0) is 26.9. The normalized spacial score (nSPS) is 19.1. The van der Waals surface area contributed by atoms with Gasteiger partial charge >= 0.3 is 5.97 Å². The second kappa shape index (κ2) is 13.4. The van der Waals surface area contributed by atoms with Crippen molar-refractivity contribution in [1.29, 1.82) is 0 Å². The Morgan fingerprint density at radius 2 is 1.66 bits per heavy atom. The third-order valence-electron chi connectivity index (χ3n) is 7.64. The lowest BCUT2D eigenvalue weighted by Gasteiger charge is -2.34. The number of esters is 1. The molecule has 0 spiro atoms. The van der Waals surface area contributed by atoms with Crippen LogP contribution in [0.1, 0.15) is 43.2 Å². The highest BCUT2D eigenvalue weighted by molar-refractivity contribution is 5.85. The molecule has 2 saturated heterocycles. The van der Waals surface area contributed by atoms with Crippen LogP contribution < -0.4 is 10.1 Å². The van der Waals surface area contributed by atoms with E-state index in [1.807, 2.05) is 66.5 Å². The van der Waals surface area contributed by atoms with Crippen LogP contribution in [0.5, 0.6) is 5.75 Å². The smallest absolute Gasteiger partial charge is 0.328 e. The minimum atomic E-state index is -0.761. The Labute approximate surface area is 225 Å². The largest absolute Gasteiger partial charge is 0.489 e. The van der Waals surface area contributed by atoms with Crippen molar-refractivity contribution in [1.82, 2.24) is 15.1 Å². The van der Waals surface area contributed by atoms with Gasteiger partial charge in [-0.15, -0.1) is 0 Å². The van der Waals surface area contributed by atoms with Gasteiger partial charge in [0.15, 0.2) is 0 Å². The summed E-state index contributed by atoms with van der Waals surface area (Å²) in [6.07, 6.45) is 4.25. The number of rotatable bonds is 10. The van der Waals surface area contributed by atoms with Crippen molar-refractivity contribution < 1.29 is 23.9 Å². The first-order valence-electron chi connectivity index (χ1n) is 13.5. The van der Waals surface area contributed by atoms with Crippen LogP contribution in [0.2, 0.25) is 0 Å². The summed E-state index contributed by atoms with van der Waals surface area (Å²) in [4.78, 5) is 42.2. The van der Waals surface area contributed by atoms with Gasteiger partial charge in [0.05, 0.1) is 13.2 Å². The maximum absolute atomic E-state index is 12.8. The molecule has 0 bridgehead atoms. The summed E-state index contributed by atoms with van der Waals surface area (Å²) in [5.74, 6) is 0.517. The Kier molecular flexibility index (Phi) is 9.76. The molecule has 2 aromatic rings. The fourth-order valence-corrected chi connectivity index (χ4v) is 5.34. The summed E-state index contributed by atoms with van der Waals surface area (Å²) in [6.45, 7) is 2.81. The second-order valence-corrected chi connectivity index (χ2v) is 10.4. The first-order valence-corrected chi connectivity index (χ1v) is 13.5. The van der Waals surface area contributed by atoms with Crippen molar-refractivity contribution in [3.05, 3.63) is 65.7 Å². The molecule has 0 aromatic heterocycles. The van der Waals surface area contributed by atoms with Gasteiger partial charge in [0.25, 0.3) is 0 Å². The molecule has 0 radical (unpaired) electrons. The van der Waals surface area contributed by atoms with Crippen LogP contribution in [0.3, 0.4) is 0 Å². The molecule has 2 heterocycles. The van der Waals surface area contributed by atoms with E-state index in [0.717, 1.165) is 49.1 Å². The number of amides is 2. The van der Waals surface area contributed by atoms with Crippen molar-refractivity contribution in [2.45, 2.75) is 57.2 Å². The van der Waals surface area contributed by atoms with E-state index in [0.29, 0.717) is 32.5 Å². The van der Waals surface area contributed by atoms with E-state index >= 15 is 0 Å². The van der Waals surface area contributed by atoms with Crippen molar-refractivity contribution in [3.8, 4) is 5.75 Å². The number of carbonyl (C=O) groups is 3. The topological polar surface area (TPSA) is 88.2 Å². The van der Waals surface area contributed by atoms with E-state index in [1.165, 1.54) is 7.11 Å². The lowest BCUT2D eigenvalue weighted by Crippen LogP contribution is -2.48. The second-order valence-electron chi connectivity index (χ2n) is 10.4. The van der Waals surface area contributed by atoms with Crippen LogP contribution in [0.25, 0.3) is 0 Å². The summed E-state index contributed by atoms with van der Waals surface area (Å²) in [6, 6.07) is 16.7. The number of likely N-dealkylation sites (N-methyl/N-ethyl adjacent to an activating group) is 1. The molecule has 0 aliphatic carbocycles. The maximum Gasteiger partial charge on any atom is 0.328 e. The minimum absolute atomic E-state index is 0.000142. The molecule has 2 aliphatic rings. The molecule has 8 nitrogen and oxygen atoms in total. The lowest BCUT2D eigenvalue weighted by molar-refractivity contribution is -0.145. The number of ether oxygens (including phenoxy) is 2. The highest BCUT2D eigenvalue weighted by atomic mass is 16.5. The number of nitrogens with zero attached hydrogens (tertiary/aromatic N) is 2. The highest BCUT2D eigenvalue weighted by Gasteiger charge is 2.33. The molecule has 1 N–H and O–H groups in total. The van der Waals surface area contributed by atoms with E-state index in [-0.39, 0.29) is 23.8 Å². The van der Waals surface area contributed by atoms with Gasteiger partial charge in [0.1, 0.15) is 18.4 Å². The standard InChI is InChI=1S/C30H39N3O5/c1-32-16-6-9-27(32)29(35)33-17-14-23(15-18-33)20-28(34)31-26(30(36)37-2)19-22-10-12-25(13-11-22)38-21-24-7-4-3-5-8-24/h3-5,7-8,10-13,23,26-27H,6,9,14-21H2,1-2H3,(H,31,34). The summed E-state index contributed by atoms with van der Waals surface area (Å²) in [7, 11) is 3.34. The summed E-state index contributed by atoms with van der Waals surface area (Å²) >= 11 is 0. The molecule has 2 aromatic carbocycles. The molecule has 2 atom stereocenters. The molecule has 2 unspecified atom stereocenters.